The molecule has 0 fully saturated rings. The zero-order valence-corrected chi connectivity index (χ0v) is 20.5. The van der Waals surface area contributed by atoms with Crippen molar-refractivity contribution in [3.63, 3.8) is 0 Å². The van der Waals surface area contributed by atoms with Gasteiger partial charge in [-0.25, -0.2) is 4.79 Å². The molecule has 2 N–H and O–H groups in total. The quantitative estimate of drug-likeness (QED) is 0.262. The topological polar surface area (TPSA) is 94.1 Å². The van der Waals surface area contributed by atoms with Gasteiger partial charge in [0, 0.05) is 30.2 Å². The molecule has 5 rings (SSSR count). The van der Waals surface area contributed by atoms with E-state index >= 15 is 0 Å². The standard InChI is InChI=1S/C29H24ClNO6/c30-24-16-23-25(37-29(33)34)12-14-35-26(23)17-27(24)36-22-9-7-20(8-10-22)28(32)31-13-11-18-5-6-19-3-1-2-4-21(19)15-18/h1-10,15-17,25H,11-14H2,(H,31,32)(H,33,34). The molecule has 7 nitrogen and oxygen atoms in total. The molecule has 1 unspecified atom stereocenters. The van der Waals surface area contributed by atoms with Crippen molar-refractivity contribution in [3.8, 4) is 17.2 Å². The number of hydrogen-bond acceptors (Lipinski definition) is 5. The summed E-state index contributed by atoms with van der Waals surface area (Å²) in [5.41, 5.74) is 2.23. The maximum atomic E-state index is 12.6. The predicted molar refractivity (Wildman–Crippen MR) is 140 cm³/mol. The normalized spacial score (nSPS) is 14.4. The Labute approximate surface area is 218 Å². The van der Waals surface area contributed by atoms with Crippen LogP contribution in [0.2, 0.25) is 5.02 Å². The van der Waals surface area contributed by atoms with Crippen LogP contribution in [0.1, 0.15) is 34.0 Å². The van der Waals surface area contributed by atoms with Crippen LogP contribution in [0, 0.1) is 0 Å². The highest BCUT2D eigenvalue weighted by Crippen LogP contribution is 2.42. The molecule has 0 saturated heterocycles. The SMILES string of the molecule is O=C(O)OC1CCOc2cc(Oc3ccc(C(=O)NCCc4ccc5ccccc5c4)cc3)c(Cl)cc21. The largest absolute Gasteiger partial charge is 0.506 e. The van der Waals surface area contributed by atoms with Gasteiger partial charge >= 0.3 is 6.16 Å². The molecule has 1 aliphatic heterocycles. The van der Waals surface area contributed by atoms with E-state index in [1.54, 1.807) is 36.4 Å². The van der Waals surface area contributed by atoms with Crippen LogP contribution in [0.5, 0.6) is 17.2 Å². The second-order valence-corrected chi connectivity index (χ2v) is 9.05. The summed E-state index contributed by atoms with van der Waals surface area (Å²) in [4.78, 5) is 23.6. The molecule has 1 atom stereocenters. The number of hydrogen-bond donors (Lipinski definition) is 2. The molecule has 0 radical (unpaired) electrons. The van der Waals surface area contributed by atoms with Crippen LogP contribution in [0.3, 0.4) is 0 Å². The second kappa shape index (κ2) is 10.8. The minimum atomic E-state index is -1.35. The van der Waals surface area contributed by atoms with Crippen LogP contribution in [0.25, 0.3) is 10.8 Å². The van der Waals surface area contributed by atoms with E-state index < -0.39 is 12.3 Å². The number of benzene rings is 4. The first-order chi connectivity index (χ1) is 18.0. The summed E-state index contributed by atoms with van der Waals surface area (Å²) in [7, 11) is 0. The van der Waals surface area contributed by atoms with Crippen molar-refractivity contribution in [3.05, 3.63) is 101 Å². The lowest BCUT2D eigenvalue weighted by Gasteiger charge is -2.25. The zero-order chi connectivity index (χ0) is 25.8. The third-order valence-corrected chi connectivity index (χ3v) is 6.44. The molecule has 4 aromatic carbocycles. The fourth-order valence-electron chi connectivity index (χ4n) is 4.30. The lowest BCUT2D eigenvalue weighted by molar-refractivity contribution is 0.0326. The molecule has 0 aliphatic carbocycles. The highest BCUT2D eigenvalue weighted by molar-refractivity contribution is 6.32. The Morgan fingerprint density at radius 2 is 1.78 bits per heavy atom. The van der Waals surface area contributed by atoms with Crippen LogP contribution < -0.4 is 14.8 Å². The van der Waals surface area contributed by atoms with Crippen LogP contribution in [0.15, 0.2) is 78.9 Å². The number of carbonyl (C=O) groups excluding carboxylic acids is 1. The second-order valence-electron chi connectivity index (χ2n) is 8.64. The molecule has 1 heterocycles. The molecule has 1 aliphatic rings. The van der Waals surface area contributed by atoms with Gasteiger partial charge in [0.2, 0.25) is 0 Å². The molecule has 0 aromatic heterocycles. The summed E-state index contributed by atoms with van der Waals surface area (Å²) in [6.07, 6.45) is -0.865. The van der Waals surface area contributed by atoms with E-state index in [4.69, 9.17) is 30.9 Å². The average molecular weight is 518 g/mol. The summed E-state index contributed by atoms with van der Waals surface area (Å²) in [5, 5.41) is 14.6. The molecule has 0 bridgehead atoms. The van der Waals surface area contributed by atoms with E-state index in [-0.39, 0.29) is 5.91 Å². The summed E-state index contributed by atoms with van der Waals surface area (Å²) in [6, 6.07) is 24.4. The van der Waals surface area contributed by atoms with E-state index in [1.807, 2.05) is 12.1 Å². The summed E-state index contributed by atoms with van der Waals surface area (Å²) in [5.74, 6) is 1.13. The minimum Gasteiger partial charge on any atom is -0.493 e. The molecular formula is C29H24ClNO6. The lowest BCUT2D eigenvalue weighted by Crippen LogP contribution is -2.25. The van der Waals surface area contributed by atoms with Crippen LogP contribution in [-0.4, -0.2) is 30.3 Å². The fraction of sp³-hybridized carbons (Fsp3) is 0.172. The van der Waals surface area contributed by atoms with Gasteiger partial charge in [0.15, 0.2) is 0 Å². The number of fused-ring (bicyclic) bond motifs is 2. The highest BCUT2D eigenvalue weighted by atomic mass is 35.5. The Morgan fingerprint density at radius 3 is 2.57 bits per heavy atom. The van der Waals surface area contributed by atoms with Crippen molar-refractivity contribution < 1.29 is 28.9 Å². The van der Waals surface area contributed by atoms with Gasteiger partial charge < -0.3 is 24.6 Å². The van der Waals surface area contributed by atoms with Crippen molar-refractivity contribution in [2.75, 3.05) is 13.2 Å². The smallest absolute Gasteiger partial charge is 0.493 e. The van der Waals surface area contributed by atoms with Crippen molar-refractivity contribution in [2.45, 2.75) is 18.9 Å². The van der Waals surface area contributed by atoms with Crippen molar-refractivity contribution in [1.29, 1.82) is 0 Å². The first kappa shape index (κ1) is 24.5. The van der Waals surface area contributed by atoms with E-state index in [0.29, 0.717) is 53.0 Å². The van der Waals surface area contributed by atoms with Gasteiger partial charge in [-0.2, -0.15) is 0 Å². The van der Waals surface area contributed by atoms with Gasteiger partial charge in [-0.3, -0.25) is 4.79 Å². The maximum absolute atomic E-state index is 12.6. The summed E-state index contributed by atoms with van der Waals surface area (Å²) in [6.45, 7) is 0.837. The van der Waals surface area contributed by atoms with Crippen LogP contribution in [-0.2, 0) is 11.2 Å². The number of nitrogens with one attached hydrogen (secondary N) is 1. The van der Waals surface area contributed by atoms with Crippen LogP contribution >= 0.6 is 11.6 Å². The number of carboxylic acid groups (broad SMARTS) is 1. The maximum Gasteiger partial charge on any atom is 0.506 e. The monoisotopic (exact) mass is 517 g/mol. The first-order valence-corrected chi connectivity index (χ1v) is 12.2. The number of rotatable bonds is 7. The summed E-state index contributed by atoms with van der Waals surface area (Å²) >= 11 is 6.39. The lowest BCUT2D eigenvalue weighted by atomic mass is 10.0. The molecule has 0 saturated carbocycles. The minimum absolute atomic E-state index is 0.169. The number of halogens is 1. The Morgan fingerprint density at radius 1 is 1.00 bits per heavy atom. The van der Waals surface area contributed by atoms with E-state index in [9.17, 15) is 9.59 Å². The number of carbonyl (C=O) groups is 2. The van der Waals surface area contributed by atoms with Crippen molar-refractivity contribution >= 4 is 34.4 Å². The van der Waals surface area contributed by atoms with Gasteiger partial charge in [0.25, 0.3) is 5.91 Å². The Bertz CT molecular complexity index is 1450. The Hall–Kier alpha value is -4.23. The van der Waals surface area contributed by atoms with Crippen LogP contribution in [0.4, 0.5) is 4.79 Å². The molecule has 0 spiro atoms. The Kier molecular flexibility index (Phi) is 7.14. The molecule has 37 heavy (non-hydrogen) atoms. The van der Waals surface area contributed by atoms with E-state index in [0.717, 1.165) is 12.0 Å². The van der Waals surface area contributed by atoms with Gasteiger partial charge in [0.1, 0.15) is 23.4 Å². The molecular weight excluding hydrogens is 494 g/mol. The highest BCUT2D eigenvalue weighted by Gasteiger charge is 2.27. The number of ether oxygens (including phenoxy) is 3. The predicted octanol–water partition coefficient (Wildman–Crippen LogP) is 6.78. The zero-order valence-electron chi connectivity index (χ0n) is 19.8. The van der Waals surface area contributed by atoms with E-state index in [2.05, 4.69) is 35.6 Å². The Balaban J connectivity index is 1.19. The molecule has 4 aromatic rings. The fourth-order valence-corrected chi connectivity index (χ4v) is 4.51. The third kappa shape index (κ3) is 5.78. The van der Waals surface area contributed by atoms with Gasteiger partial charge in [0.05, 0.1) is 11.6 Å². The molecule has 1 amide bonds. The van der Waals surface area contributed by atoms with Crippen molar-refractivity contribution in [1.82, 2.24) is 5.32 Å². The molecule has 188 valence electrons. The van der Waals surface area contributed by atoms with Gasteiger partial charge in [-0.15, -0.1) is 0 Å². The van der Waals surface area contributed by atoms with Gasteiger partial charge in [-0.05, 0) is 53.1 Å². The molecule has 8 heteroatoms. The number of amides is 1. The van der Waals surface area contributed by atoms with Gasteiger partial charge in [-0.1, -0.05) is 54.1 Å². The van der Waals surface area contributed by atoms with E-state index in [1.165, 1.54) is 10.8 Å². The third-order valence-electron chi connectivity index (χ3n) is 6.15. The summed E-state index contributed by atoms with van der Waals surface area (Å²) < 4.78 is 16.5. The first-order valence-electron chi connectivity index (χ1n) is 11.9. The average Bonchev–Trinajstić information content (AvgIpc) is 2.89. The van der Waals surface area contributed by atoms with Crippen molar-refractivity contribution in [2.24, 2.45) is 0 Å².